The molecule has 0 bridgehead atoms. The molecule has 0 fully saturated rings. The zero-order valence-corrected chi connectivity index (χ0v) is 10.4. The molecule has 98 valence electrons. The summed E-state index contributed by atoms with van der Waals surface area (Å²) < 4.78 is 9.89. The van der Waals surface area contributed by atoms with Gasteiger partial charge in [-0.15, -0.1) is 0 Å². The molecule has 18 heavy (non-hydrogen) atoms. The van der Waals surface area contributed by atoms with Gasteiger partial charge in [-0.2, -0.15) is 0 Å². The van der Waals surface area contributed by atoms with Crippen molar-refractivity contribution in [3.8, 4) is 5.75 Å². The molecule has 1 N–H and O–H groups in total. The molecule has 0 saturated carbocycles. The molecule has 1 heterocycles. The molecule has 0 aliphatic heterocycles. The predicted molar refractivity (Wildman–Crippen MR) is 65.0 cm³/mol. The number of nitrogens with zero attached hydrogens (tertiary/aromatic N) is 2. The quantitative estimate of drug-likeness (QED) is 0.273. The van der Waals surface area contributed by atoms with Gasteiger partial charge in [0.15, 0.2) is 0 Å². The largest absolute Gasteiger partial charge is 0.492 e. The molecule has 0 amide bonds. The highest BCUT2D eigenvalue weighted by molar-refractivity contribution is 6.42. The molecule has 0 spiro atoms. The summed E-state index contributed by atoms with van der Waals surface area (Å²) in [6, 6.07) is 3.19. The molecule has 0 aromatic carbocycles. The van der Waals surface area contributed by atoms with E-state index in [0.717, 1.165) is 12.8 Å². The fourth-order valence-electron chi connectivity index (χ4n) is 1.23. The molecule has 0 saturated heterocycles. The van der Waals surface area contributed by atoms with E-state index >= 15 is 0 Å². The van der Waals surface area contributed by atoms with Crippen LogP contribution in [0.1, 0.15) is 25.5 Å². The van der Waals surface area contributed by atoms with Gasteiger partial charge in [0.1, 0.15) is 5.75 Å². The summed E-state index contributed by atoms with van der Waals surface area (Å²) in [5.41, 5.74) is -0.00944. The van der Waals surface area contributed by atoms with Crippen molar-refractivity contribution in [1.29, 1.82) is 0 Å². The van der Waals surface area contributed by atoms with Crippen molar-refractivity contribution in [1.82, 2.24) is 4.98 Å². The van der Waals surface area contributed by atoms with Crippen LogP contribution in [0.5, 0.6) is 5.75 Å². The Morgan fingerprint density at radius 1 is 1.50 bits per heavy atom. The van der Waals surface area contributed by atoms with Crippen LogP contribution in [0.15, 0.2) is 23.5 Å². The van der Waals surface area contributed by atoms with E-state index in [1.54, 1.807) is 6.07 Å². The van der Waals surface area contributed by atoms with Crippen molar-refractivity contribution < 1.29 is 19.5 Å². The van der Waals surface area contributed by atoms with Crippen molar-refractivity contribution >= 4 is 11.7 Å². The number of ether oxygens (including phenoxy) is 2. The Morgan fingerprint density at radius 2 is 2.28 bits per heavy atom. The second-order valence-corrected chi connectivity index (χ2v) is 3.52. The van der Waals surface area contributed by atoms with Crippen molar-refractivity contribution in [2.24, 2.45) is 5.16 Å². The molecular weight excluding hydrogens is 236 g/mol. The minimum atomic E-state index is -0.746. The van der Waals surface area contributed by atoms with Gasteiger partial charge < -0.3 is 14.7 Å². The van der Waals surface area contributed by atoms with Crippen LogP contribution in [0.2, 0.25) is 0 Å². The minimum Gasteiger partial charge on any atom is -0.492 e. The van der Waals surface area contributed by atoms with Gasteiger partial charge in [0.05, 0.1) is 25.6 Å². The van der Waals surface area contributed by atoms with Crippen molar-refractivity contribution in [3.05, 3.63) is 24.0 Å². The summed E-state index contributed by atoms with van der Waals surface area (Å²) in [7, 11) is 1.20. The van der Waals surface area contributed by atoms with Gasteiger partial charge in [0.25, 0.3) is 0 Å². The first-order valence-corrected chi connectivity index (χ1v) is 5.62. The number of aromatic nitrogens is 1. The second-order valence-electron chi connectivity index (χ2n) is 3.52. The molecule has 1 aromatic heterocycles. The van der Waals surface area contributed by atoms with E-state index < -0.39 is 5.97 Å². The van der Waals surface area contributed by atoms with Crippen LogP contribution in [0, 0.1) is 0 Å². The zero-order chi connectivity index (χ0) is 13.4. The number of hydrogen-bond acceptors (Lipinski definition) is 6. The number of carbonyl (C=O) groups is 1. The van der Waals surface area contributed by atoms with Crippen LogP contribution < -0.4 is 4.74 Å². The summed E-state index contributed by atoms with van der Waals surface area (Å²) >= 11 is 0. The monoisotopic (exact) mass is 252 g/mol. The molecule has 1 aromatic rings. The number of unbranched alkanes of at least 4 members (excludes halogenated alkanes) is 1. The maximum Gasteiger partial charge on any atom is 0.362 e. The molecule has 0 unspecified atom stereocenters. The van der Waals surface area contributed by atoms with E-state index in [1.165, 1.54) is 19.4 Å². The van der Waals surface area contributed by atoms with Crippen molar-refractivity contribution in [3.63, 3.8) is 0 Å². The fourth-order valence-corrected chi connectivity index (χ4v) is 1.23. The Balaban J connectivity index is 2.72. The number of rotatable bonds is 6. The van der Waals surface area contributed by atoms with E-state index in [9.17, 15) is 4.79 Å². The summed E-state index contributed by atoms with van der Waals surface area (Å²) in [5, 5.41) is 11.6. The summed E-state index contributed by atoms with van der Waals surface area (Å²) in [6.45, 7) is 2.69. The normalized spacial score (nSPS) is 11.1. The van der Waals surface area contributed by atoms with Crippen LogP contribution in [0.4, 0.5) is 0 Å². The first kappa shape index (κ1) is 14.0. The Hall–Kier alpha value is -2.11. The standard InChI is InChI=1S/C12H16N2O4/c1-3-4-7-18-9-5-6-10(13-8-9)11(14-16)12(15)17-2/h5-6,8,16H,3-4,7H2,1-2H3/b14-11-. The van der Waals surface area contributed by atoms with Crippen molar-refractivity contribution in [2.75, 3.05) is 13.7 Å². The number of carbonyl (C=O) groups excluding carboxylic acids is 1. The molecule has 0 aliphatic rings. The van der Waals surface area contributed by atoms with Crippen molar-refractivity contribution in [2.45, 2.75) is 19.8 Å². The van der Waals surface area contributed by atoms with E-state index in [0.29, 0.717) is 12.4 Å². The van der Waals surface area contributed by atoms with Crippen LogP contribution in [0.3, 0.4) is 0 Å². The molecular formula is C12H16N2O4. The van der Waals surface area contributed by atoms with Crippen LogP contribution >= 0.6 is 0 Å². The highest BCUT2D eigenvalue weighted by atomic mass is 16.5. The first-order valence-electron chi connectivity index (χ1n) is 5.62. The lowest BCUT2D eigenvalue weighted by Crippen LogP contribution is -2.18. The predicted octanol–water partition coefficient (Wildman–Crippen LogP) is 1.61. The average molecular weight is 252 g/mol. The van der Waals surface area contributed by atoms with Crippen LogP contribution in [-0.2, 0) is 9.53 Å². The second kappa shape index (κ2) is 7.26. The number of methoxy groups -OCH3 is 1. The highest BCUT2D eigenvalue weighted by Gasteiger charge is 2.16. The lowest BCUT2D eigenvalue weighted by molar-refractivity contribution is -0.132. The smallest absolute Gasteiger partial charge is 0.362 e. The Kier molecular flexibility index (Phi) is 5.63. The molecule has 6 nitrogen and oxygen atoms in total. The van der Waals surface area contributed by atoms with E-state index in [1.807, 2.05) is 0 Å². The van der Waals surface area contributed by atoms with E-state index in [-0.39, 0.29) is 11.4 Å². The lowest BCUT2D eigenvalue weighted by Gasteiger charge is -2.06. The fraction of sp³-hybridized carbons (Fsp3) is 0.417. The van der Waals surface area contributed by atoms with Gasteiger partial charge >= 0.3 is 5.97 Å². The van der Waals surface area contributed by atoms with Gasteiger partial charge in [-0.25, -0.2) is 4.79 Å². The lowest BCUT2D eigenvalue weighted by atomic mass is 10.2. The summed E-state index contributed by atoms with van der Waals surface area (Å²) in [6.07, 6.45) is 3.49. The Morgan fingerprint density at radius 3 is 2.78 bits per heavy atom. The molecule has 1 rings (SSSR count). The first-order chi connectivity index (χ1) is 8.72. The Labute approximate surface area is 105 Å². The van der Waals surface area contributed by atoms with Gasteiger partial charge in [-0.3, -0.25) is 4.98 Å². The van der Waals surface area contributed by atoms with Gasteiger partial charge in [0, 0.05) is 0 Å². The van der Waals surface area contributed by atoms with Gasteiger partial charge in [0.2, 0.25) is 5.71 Å². The van der Waals surface area contributed by atoms with E-state index in [4.69, 9.17) is 9.94 Å². The Bertz CT molecular complexity index is 415. The van der Waals surface area contributed by atoms with Gasteiger partial charge in [-0.1, -0.05) is 18.5 Å². The maximum absolute atomic E-state index is 11.3. The number of esters is 1. The molecule has 6 heteroatoms. The summed E-state index contributed by atoms with van der Waals surface area (Å²) in [5.74, 6) is -0.140. The van der Waals surface area contributed by atoms with E-state index in [2.05, 4.69) is 21.8 Å². The SMILES string of the molecule is CCCCOc1ccc(/C(=N/O)C(=O)OC)nc1. The number of oxime groups is 1. The van der Waals surface area contributed by atoms with Gasteiger partial charge in [-0.05, 0) is 18.6 Å². The van der Waals surface area contributed by atoms with Crippen LogP contribution in [0.25, 0.3) is 0 Å². The molecule has 0 atom stereocenters. The maximum atomic E-state index is 11.3. The average Bonchev–Trinajstić information content (AvgIpc) is 2.41. The zero-order valence-electron chi connectivity index (χ0n) is 10.4. The number of pyridine rings is 1. The molecule has 0 radical (unpaired) electrons. The summed E-state index contributed by atoms with van der Waals surface area (Å²) in [4.78, 5) is 15.2. The third-order valence-electron chi connectivity index (χ3n) is 2.22. The third-order valence-corrected chi connectivity index (χ3v) is 2.22. The third kappa shape index (κ3) is 3.73. The molecule has 0 aliphatic carbocycles. The topological polar surface area (TPSA) is 81.0 Å². The minimum absolute atomic E-state index is 0.229. The van der Waals surface area contributed by atoms with Crippen LogP contribution in [-0.4, -0.2) is 35.6 Å². The number of hydrogen-bond donors (Lipinski definition) is 1. The highest BCUT2D eigenvalue weighted by Crippen LogP contribution is 2.10.